The summed E-state index contributed by atoms with van der Waals surface area (Å²) in [6.45, 7) is 3.14. The molecule has 45 heavy (non-hydrogen) atoms. The van der Waals surface area contributed by atoms with Crippen LogP contribution in [0.3, 0.4) is 0 Å². The monoisotopic (exact) mass is 646 g/mol. The third kappa shape index (κ3) is 7.91. The van der Waals surface area contributed by atoms with E-state index in [1.165, 1.54) is 5.06 Å². The zero-order valence-corrected chi connectivity index (χ0v) is 25.9. The van der Waals surface area contributed by atoms with Crippen LogP contribution in [0.15, 0.2) is 48.7 Å². The Morgan fingerprint density at radius 3 is 2.51 bits per heavy atom. The Labute approximate surface area is 261 Å². The van der Waals surface area contributed by atoms with Crippen molar-refractivity contribution in [2.45, 2.75) is 57.3 Å². The first kappa shape index (κ1) is 31.6. The van der Waals surface area contributed by atoms with E-state index in [-0.39, 0.29) is 30.9 Å². The summed E-state index contributed by atoms with van der Waals surface area (Å²) in [6.07, 6.45) is 2.52. The Kier molecular flexibility index (Phi) is 9.27. The summed E-state index contributed by atoms with van der Waals surface area (Å²) in [5.74, 6) is 0.970. The van der Waals surface area contributed by atoms with Crippen LogP contribution in [0.1, 0.15) is 60.5 Å². The van der Waals surface area contributed by atoms with Gasteiger partial charge in [-0.2, -0.15) is 26.6 Å². The van der Waals surface area contributed by atoms with E-state index in [9.17, 15) is 21.6 Å². The van der Waals surface area contributed by atoms with Crippen LogP contribution in [0.5, 0.6) is 0 Å². The molecular formula is C31H37F3N6O4S. The molecule has 4 heterocycles. The van der Waals surface area contributed by atoms with Crippen molar-refractivity contribution < 1.29 is 30.6 Å². The van der Waals surface area contributed by atoms with Crippen molar-refractivity contribution in [2.75, 3.05) is 42.9 Å². The molecule has 3 aliphatic rings. The fraction of sp³-hybridized carbons (Fsp3) is 0.516. The zero-order valence-electron chi connectivity index (χ0n) is 25.0. The van der Waals surface area contributed by atoms with Crippen LogP contribution in [0.2, 0.25) is 0 Å². The first-order valence-electron chi connectivity index (χ1n) is 15.3. The molecule has 1 N–H and O–H groups in total. The second-order valence-electron chi connectivity index (χ2n) is 12.1. The molecule has 2 aromatic heterocycles. The molecule has 2 fully saturated rings. The van der Waals surface area contributed by atoms with E-state index in [1.807, 2.05) is 36.4 Å². The van der Waals surface area contributed by atoms with E-state index in [0.29, 0.717) is 18.2 Å². The number of aromatic nitrogens is 3. The number of hydroxylamine groups is 1. The highest BCUT2D eigenvalue weighted by molar-refractivity contribution is 7.85. The van der Waals surface area contributed by atoms with Gasteiger partial charge in [0.25, 0.3) is 10.1 Å². The quantitative estimate of drug-likeness (QED) is 0.293. The minimum absolute atomic E-state index is 0.00253. The van der Waals surface area contributed by atoms with E-state index in [0.717, 1.165) is 81.0 Å². The molecular weight excluding hydrogens is 609 g/mol. The Balaban J connectivity index is 1.10. The molecule has 1 aromatic carbocycles. The van der Waals surface area contributed by atoms with E-state index in [2.05, 4.69) is 20.2 Å². The minimum Gasteiger partial charge on any atom is -0.309 e. The van der Waals surface area contributed by atoms with Crippen LogP contribution < -0.4 is 10.4 Å². The van der Waals surface area contributed by atoms with Gasteiger partial charge in [-0.3, -0.25) is 13.9 Å². The number of rotatable bonds is 9. The topological polar surface area (TPSA) is 110 Å². The van der Waals surface area contributed by atoms with Crippen LogP contribution in [-0.2, 0) is 38.3 Å². The van der Waals surface area contributed by atoms with Gasteiger partial charge in [-0.25, -0.2) is 15.0 Å². The van der Waals surface area contributed by atoms with Crippen LogP contribution in [0.4, 0.5) is 30.8 Å². The Morgan fingerprint density at radius 2 is 1.78 bits per heavy atom. The summed E-state index contributed by atoms with van der Waals surface area (Å²) in [7, 11) is -3.41. The average Bonchev–Trinajstić information content (AvgIpc) is 3.50. The van der Waals surface area contributed by atoms with Gasteiger partial charge < -0.3 is 5.32 Å². The van der Waals surface area contributed by atoms with Crippen LogP contribution in [0, 0.1) is 11.8 Å². The van der Waals surface area contributed by atoms with Gasteiger partial charge in [0.05, 0.1) is 25.5 Å². The fourth-order valence-electron chi connectivity index (χ4n) is 6.44. The number of alkyl halides is 3. The maximum Gasteiger partial charge on any atom is 0.421 e. The highest BCUT2D eigenvalue weighted by atomic mass is 32.2. The first-order valence-corrected chi connectivity index (χ1v) is 17.1. The zero-order chi connectivity index (χ0) is 31.6. The van der Waals surface area contributed by atoms with Gasteiger partial charge in [-0.05, 0) is 54.7 Å². The van der Waals surface area contributed by atoms with Crippen LogP contribution >= 0.6 is 0 Å². The largest absolute Gasteiger partial charge is 0.421 e. The predicted molar refractivity (Wildman–Crippen MR) is 162 cm³/mol. The van der Waals surface area contributed by atoms with Crippen LogP contribution in [0.25, 0.3) is 0 Å². The van der Waals surface area contributed by atoms with Crippen molar-refractivity contribution in [3.63, 3.8) is 0 Å². The molecule has 6 rings (SSSR count). The van der Waals surface area contributed by atoms with E-state index in [1.54, 1.807) is 6.07 Å². The molecule has 3 aromatic rings. The summed E-state index contributed by atoms with van der Waals surface area (Å²) < 4.78 is 69.6. The van der Waals surface area contributed by atoms with Crippen molar-refractivity contribution in [1.29, 1.82) is 0 Å². The van der Waals surface area contributed by atoms with Gasteiger partial charge >= 0.3 is 6.18 Å². The second-order valence-corrected chi connectivity index (χ2v) is 13.7. The second kappa shape index (κ2) is 13.2. The lowest BCUT2D eigenvalue weighted by atomic mass is 9.82. The van der Waals surface area contributed by atoms with Crippen molar-refractivity contribution in [2.24, 2.45) is 11.8 Å². The van der Waals surface area contributed by atoms with Gasteiger partial charge in [0.15, 0.2) is 5.82 Å². The van der Waals surface area contributed by atoms with Gasteiger partial charge in [0.1, 0.15) is 11.4 Å². The lowest BCUT2D eigenvalue weighted by Gasteiger charge is -2.34. The number of nitrogens with zero attached hydrogens (tertiary/aromatic N) is 5. The van der Waals surface area contributed by atoms with E-state index >= 15 is 0 Å². The number of hydrogen-bond acceptors (Lipinski definition) is 10. The van der Waals surface area contributed by atoms with Gasteiger partial charge in [0.2, 0.25) is 5.95 Å². The smallest absolute Gasteiger partial charge is 0.309 e. The summed E-state index contributed by atoms with van der Waals surface area (Å²) in [4.78, 5) is 21.1. The van der Waals surface area contributed by atoms with E-state index < -0.39 is 27.9 Å². The SMILES string of the molecule is CS(=O)(=O)OCC1CCC(CN2CCc3nc(Nc4ncc(C(F)(F)F)c(N5OCC[C@H]5c5ccccc5)n4)ccc3C2)CC1. The van der Waals surface area contributed by atoms with E-state index in [4.69, 9.17) is 14.0 Å². The molecule has 2 aliphatic heterocycles. The maximum absolute atomic E-state index is 14.0. The molecule has 0 bridgehead atoms. The normalized spacial score (nSPS) is 22.8. The average molecular weight is 647 g/mol. The fourth-order valence-corrected chi connectivity index (χ4v) is 6.88. The molecule has 1 aliphatic carbocycles. The molecule has 1 saturated heterocycles. The number of benzene rings is 1. The van der Waals surface area contributed by atoms with Crippen molar-refractivity contribution >= 4 is 27.7 Å². The molecule has 1 atom stereocenters. The lowest BCUT2D eigenvalue weighted by Crippen LogP contribution is -2.36. The van der Waals surface area contributed by atoms with Gasteiger partial charge in [0, 0.05) is 44.4 Å². The molecule has 242 valence electrons. The van der Waals surface area contributed by atoms with Crippen molar-refractivity contribution in [3.05, 3.63) is 71.0 Å². The predicted octanol–water partition coefficient (Wildman–Crippen LogP) is 5.66. The Hall–Kier alpha value is -3.33. The molecule has 14 heteroatoms. The van der Waals surface area contributed by atoms with Crippen LogP contribution in [-0.4, -0.2) is 60.8 Å². The number of nitrogens with one attached hydrogen (secondary N) is 1. The number of anilines is 3. The minimum atomic E-state index is -4.66. The molecule has 10 nitrogen and oxygen atoms in total. The number of hydrogen-bond donors (Lipinski definition) is 1. The highest BCUT2D eigenvalue weighted by Gasteiger charge is 2.40. The summed E-state index contributed by atoms with van der Waals surface area (Å²) in [5, 5.41) is 4.25. The van der Waals surface area contributed by atoms with Gasteiger partial charge in [-0.1, -0.05) is 36.4 Å². The van der Waals surface area contributed by atoms with Crippen molar-refractivity contribution in [3.8, 4) is 0 Å². The summed E-state index contributed by atoms with van der Waals surface area (Å²) in [5.41, 5.74) is 1.93. The highest BCUT2D eigenvalue weighted by Crippen LogP contribution is 2.41. The Morgan fingerprint density at radius 1 is 1.02 bits per heavy atom. The third-order valence-electron chi connectivity index (χ3n) is 8.74. The molecule has 0 amide bonds. The molecule has 0 unspecified atom stereocenters. The summed E-state index contributed by atoms with van der Waals surface area (Å²) in [6, 6.07) is 12.7. The summed E-state index contributed by atoms with van der Waals surface area (Å²) >= 11 is 0. The molecule has 1 saturated carbocycles. The standard InChI is InChI=1S/C31H37F3N6O4S/c1-45(41,42)44-20-22-9-7-21(8-10-22)18-39-15-13-26-24(19-39)11-12-28(36-26)37-30-35-17-25(31(32,33)34)29(38-30)40-27(14-16-43-40)23-5-3-2-4-6-23/h2-6,11-12,17,21-22,27H,7-10,13-16,18-20H2,1H3,(H,35,36,37,38)/t21?,22?,27-/m0/s1. The lowest BCUT2D eigenvalue weighted by molar-refractivity contribution is -0.138. The first-order chi connectivity index (χ1) is 21.5. The molecule has 0 spiro atoms. The number of pyridine rings is 1. The third-order valence-corrected chi connectivity index (χ3v) is 9.30. The van der Waals surface area contributed by atoms with Crippen molar-refractivity contribution in [1.82, 2.24) is 19.9 Å². The Bertz CT molecular complexity index is 1590. The van der Waals surface area contributed by atoms with Gasteiger partial charge in [-0.15, -0.1) is 0 Å². The maximum atomic E-state index is 14.0. The molecule has 0 radical (unpaired) electrons. The number of halogens is 3. The number of fused-ring (bicyclic) bond motifs is 1.